The Labute approximate surface area is 125 Å². The molecule has 0 spiro atoms. The van der Waals surface area contributed by atoms with E-state index in [2.05, 4.69) is 5.32 Å². The van der Waals surface area contributed by atoms with Crippen LogP contribution in [0.4, 0.5) is 4.39 Å². The highest BCUT2D eigenvalue weighted by Crippen LogP contribution is 2.29. The molecule has 1 saturated carbocycles. The fraction of sp³-hybridized carbons (Fsp3) is 0.647. The number of rotatable bonds is 4. The maximum atomic E-state index is 13.2. The Bertz CT molecular complexity index is 484. The van der Waals surface area contributed by atoms with Gasteiger partial charge in [0, 0.05) is 25.1 Å². The molecule has 3 rings (SSSR count). The predicted octanol–water partition coefficient (Wildman–Crippen LogP) is 2.80. The van der Waals surface area contributed by atoms with Crippen molar-refractivity contribution in [2.24, 2.45) is 0 Å². The summed E-state index contributed by atoms with van der Waals surface area (Å²) in [4.78, 5) is 0. The number of ether oxygens (including phenoxy) is 1. The summed E-state index contributed by atoms with van der Waals surface area (Å²) < 4.78 is 19.0. The number of halogens is 1. The van der Waals surface area contributed by atoms with Crippen LogP contribution in [0.3, 0.4) is 0 Å². The summed E-state index contributed by atoms with van der Waals surface area (Å²) in [6, 6.07) is 4.68. The first-order valence-corrected chi connectivity index (χ1v) is 8.03. The van der Waals surface area contributed by atoms with Crippen molar-refractivity contribution in [2.45, 2.75) is 56.7 Å². The van der Waals surface area contributed by atoms with Crippen molar-refractivity contribution in [3.63, 3.8) is 0 Å². The van der Waals surface area contributed by atoms with E-state index < -0.39 is 5.60 Å². The zero-order valence-corrected chi connectivity index (χ0v) is 12.4. The van der Waals surface area contributed by atoms with Crippen LogP contribution in [-0.4, -0.2) is 29.9 Å². The highest BCUT2D eigenvalue weighted by atomic mass is 19.1. The van der Waals surface area contributed by atoms with E-state index in [4.69, 9.17) is 4.74 Å². The molecular formula is C17H24FNO2. The number of nitrogens with one attached hydrogen (secondary N) is 1. The fourth-order valence-electron chi connectivity index (χ4n) is 3.43. The Morgan fingerprint density at radius 3 is 2.76 bits per heavy atom. The Morgan fingerprint density at radius 1 is 1.24 bits per heavy atom. The molecule has 116 valence electrons. The predicted molar refractivity (Wildman–Crippen MR) is 80.0 cm³/mol. The molecule has 2 N–H and O–H groups in total. The molecule has 0 bridgehead atoms. The molecule has 21 heavy (non-hydrogen) atoms. The maximum absolute atomic E-state index is 13.2. The number of hydrogen-bond donors (Lipinski definition) is 2. The topological polar surface area (TPSA) is 41.5 Å². The van der Waals surface area contributed by atoms with Gasteiger partial charge in [-0.25, -0.2) is 4.39 Å². The van der Waals surface area contributed by atoms with Gasteiger partial charge in [0.25, 0.3) is 0 Å². The molecule has 1 aromatic rings. The van der Waals surface area contributed by atoms with E-state index in [0.717, 1.165) is 43.4 Å². The fourth-order valence-corrected chi connectivity index (χ4v) is 3.43. The zero-order chi connectivity index (χ0) is 14.7. The minimum absolute atomic E-state index is 0.0381. The second kappa shape index (κ2) is 6.32. The van der Waals surface area contributed by atoms with E-state index in [9.17, 15) is 9.50 Å². The smallest absolute Gasteiger partial charge is 0.123 e. The van der Waals surface area contributed by atoms with Crippen LogP contribution in [0, 0.1) is 5.82 Å². The standard InChI is InChI=1S/C17H24FNO2/c18-14-5-6-16-13(9-14)10-15(21-16)11-19-12-17(20)7-3-1-2-4-8-17/h5-6,9,15,19-20H,1-4,7-8,10-12H2. The molecule has 0 radical (unpaired) electrons. The molecule has 1 aromatic carbocycles. The van der Waals surface area contributed by atoms with Gasteiger partial charge in [0.2, 0.25) is 0 Å². The number of benzene rings is 1. The molecule has 0 amide bonds. The average Bonchev–Trinajstić information content (AvgIpc) is 2.71. The van der Waals surface area contributed by atoms with Gasteiger partial charge in [0.15, 0.2) is 0 Å². The quantitative estimate of drug-likeness (QED) is 0.839. The van der Waals surface area contributed by atoms with E-state index in [0.29, 0.717) is 13.1 Å². The van der Waals surface area contributed by atoms with E-state index in [1.807, 2.05) is 0 Å². The number of hydrogen-bond acceptors (Lipinski definition) is 3. The lowest BCUT2D eigenvalue weighted by molar-refractivity contribution is 0.0235. The van der Waals surface area contributed by atoms with Crippen LogP contribution in [-0.2, 0) is 6.42 Å². The van der Waals surface area contributed by atoms with Gasteiger partial charge in [-0.3, -0.25) is 0 Å². The van der Waals surface area contributed by atoms with Crippen LogP contribution >= 0.6 is 0 Å². The zero-order valence-electron chi connectivity index (χ0n) is 12.4. The SMILES string of the molecule is OC1(CNCC2Cc3cc(F)ccc3O2)CCCCCC1. The maximum Gasteiger partial charge on any atom is 0.123 e. The van der Waals surface area contributed by atoms with Crippen molar-refractivity contribution in [1.82, 2.24) is 5.32 Å². The Kier molecular flexibility index (Phi) is 4.45. The van der Waals surface area contributed by atoms with Crippen LogP contribution in [0.15, 0.2) is 18.2 Å². The Morgan fingerprint density at radius 2 is 2.00 bits per heavy atom. The van der Waals surface area contributed by atoms with Crippen molar-refractivity contribution in [3.8, 4) is 5.75 Å². The highest BCUT2D eigenvalue weighted by Gasteiger charge is 2.29. The Balaban J connectivity index is 1.46. The summed E-state index contributed by atoms with van der Waals surface area (Å²) in [7, 11) is 0. The van der Waals surface area contributed by atoms with Crippen LogP contribution in [0.1, 0.15) is 44.1 Å². The first kappa shape index (κ1) is 14.8. The summed E-state index contributed by atoms with van der Waals surface area (Å²) in [5.74, 6) is 0.579. The van der Waals surface area contributed by atoms with E-state index >= 15 is 0 Å². The monoisotopic (exact) mass is 293 g/mol. The molecule has 1 aliphatic heterocycles. The molecule has 4 heteroatoms. The highest BCUT2D eigenvalue weighted by molar-refractivity contribution is 5.37. The summed E-state index contributed by atoms with van der Waals surface area (Å²) >= 11 is 0. The lowest BCUT2D eigenvalue weighted by Gasteiger charge is -2.27. The molecule has 0 aromatic heterocycles. The van der Waals surface area contributed by atoms with Crippen molar-refractivity contribution in [2.75, 3.05) is 13.1 Å². The third-order valence-electron chi connectivity index (χ3n) is 4.62. The number of aliphatic hydroxyl groups is 1. The second-order valence-corrected chi connectivity index (χ2v) is 6.47. The normalized spacial score (nSPS) is 24.2. The van der Waals surface area contributed by atoms with Crippen molar-refractivity contribution in [3.05, 3.63) is 29.6 Å². The first-order chi connectivity index (χ1) is 10.1. The van der Waals surface area contributed by atoms with E-state index in [-0.39, 0.29) is 11.9 Å². The van der Waals surface area contributed by atoms with Gasteiger partial charge in [0.05, 0.1) is 5.60 Å². The minimum Gasteiger partial charge on any atom is -0.488 e. The molecule has 1 heterocycles. The van der Waals surface area contributed by atoms with Gasteiger partial charge >= 0.3 is 0 Å². The van der Waals surface area contributed by atoms with Gasteiger partial charge in [-0.2, -0.15) is 0 Å². The van der Waals surface area contributed by atoms with E-state index in [1.54, 1.807) is 12.1 Å². The second-order valence-electron chi connectivity index (χ2n) is 6.47. The number of fused-ring (bicyclic) bond motifs is 1. The Hall–Kier alpha value is -1.13. The van der Waals surface area contributed by atoms with Crippen LogP contribution in [0.5, 0.6) is 5.75 Å². The van der Waals surface area contributed by atoms with Crippen molar-refractivity contribution in [1.29, 1.82) is 0 Å². The molecule has 1 unspecified atom stereocenters. The van der Waals surface area contributed by atoms with Crippen LogP contribution < -0.4 is 10.1 Å². The lowest BCUT2D eigenvalue weighted by Crippen LogP contribution is -2.43. The van der Waals surface area contributed by atoms with Crippen LogP contribution in [0.2, 0.25) is 0 Å². The largest absolute Gasteiger partial charge is 0.488 e. The van der Waals surface area contributed by atoms with E-state index in [1.165, 1.54) is 18.9 Å². The summed E-state index contributed by atoms with van der Waals surface area (Å²) in [5.41, 5.74) is 0.378. The molecule has 2 aliphatic rings. The molecule has 1 atom stereocenters. The van der Waals surface area contributed by atoms with Gasteiger partial charge < -0.3 is 15.2 Å². The average molecular weight is 293 g/mol. The molecule has 3 nitrogen and oxygen atoms in total. The molecule has 0 saturated heterocycles. The van der Waals surface area contributed by atoms with Gasteiger partial charge in [0.1, 0.15) is 17.7 Å². The van der Waals surface area contributed by atoms with Gasteiger partial charge in [-0.05, 0) is 31.0 Å². The van der Waals surface area contributed by atoms with Crippen LogP contribution in [0.25, 0.3) is 0 Å². The van der Waals surface area contributed by atoms with Gasteiger partial charge in [-0.1, -0.05) is 25.7 Å². The summed E-state index contributed by atoms with van der Waals surface area (Å²) in [6.07, 6.45) is 7.23. The first-order valence-electron chi connectivity index (χ1n) is 8.03. The third kappa shape index (κ3) is 3.74. The molecular weight excluding hydrogens is 269 g/mol. The lowest BCUT2D eigenvalue weighted by atomic mass is 9.94. The van der Waals surface area contributed by atoms with Crippen molar-refractivity contribution >= 4 is 0 Å². The van der Waals surface area contributed by atoms with Gasteiger partial charge in [-0.15, -0.1) is 0 Å². The molecule has 1 aliphatic carbocycles. The molecule has 1 fully saturated rings. The third-order valence-corrected chi connectivity index (χ3v) is 4.62. The van der Waals surface area contributed by atoms with Crippen molar-refractivity contribution < 1.29 is 14.2 Å². The minimum atomic E-state index is -0.561. The summed E-state index contributed by atoms with van der Waals surface area (Å²) in [5, 5.41) is 13.9. The summed E-state index contributed by atoms with van der Waals surface area (Å²) in [6.45, 7) is 1.32.